The number of anilines is 3. The smallest absolute Gasteiger partial charge is 0.0462 e. The molecule has 0 saturated carbocycles. The van der Waals surface area contributed by atoms with Gasteiger partial charge < -0.3 is 4.90 Å². The summed E-state index contributed by atoms with van der Waals surface area (Å²) in [5.74, 6) is 0. The van der Waals surface area contributed by atoms with Crippen LogP contribution in [0.3, 0.4) is 0 Å². The zero-order chi connectivity index (χ0) is 43.8. The first kappa shape index (κ1) is 39.3. The van der Waals surface area contributed by atoms with Crippen LogP contribution in [0.2, 0.25) is 0 Å². The van der Waals surface area contributed by atoms with Crippen LogP contribution < -0.4 is 4.90 Å². The van der Waals surface area contributed by atoms with Gasteiger partial charge in [0, 0.05) is 37.2 Å². The number of benzene rings is 11. The predicted molar refractivity (Wildman–Crippen MR) is 284 cm³/mol. The van der Waals surface area contributed by atoms with Crippen LogP contribution in [-0.2, 0) is 0 Å². The number of nitrogens with zero attached hydrogens (tertiary/aromatic N) is 1. The number of hydrogen-bond donors (Lipinski definition) is 0. The lowest BCUT2D eigenvalue weighted by molar-refractivity contribution is 1.28. The van der Waals surface area contributed by atoms with Crippen LogP contribution in [0.1, 0.15) is 0 Å². The fraction of sp³-hybridized carbons (Fsp3) is 0. The first-order valence-corrected chi connectivity index (χ1v) is 23.4. The maximum atomic E-state index is 2.37. The van der Waals surface area contributed by atoms with Gasteiger partial charge in [-0.3, -0.25) is 0 Å². The summed E-state index contributed by atoms with van der Waals surface area (Å²) >= 11 is 1.86. The lowest BCUT2D eigenvalue weighted by Gasteiger charge is -2.26. The molecule has 0 spiro atoms. The Morgan fingerprint density at radius 3 is 1.24 bits per heavy atom. The minimum atomic E-state index is 1.10. The van der Waals surface area contributed by atoms with Crippen molar-refractivity contribution >= 4 is 59.3 Å². The van der Waals surface area contributed by atoms with Gasteiger partial charge in [-0.1, -0.05) is 194 Å². The van der Waals surface area contributed by atoms with E-state index in [4.69, 9.17) is 0 Å². The second-order valence-electron chi connectivity index (χ2n) is 16.9. The summed E-state index contributed by atoms with van der Waals surface area (Å²) in [6.07, 6.45) is 0. The van der Waals surface area contributed by atoms with Gasteiger partial charge in [-0.05, 0) is 144 Å². The summed E-state index contributed by atoms with van der Waals surface area (Å²) in [5.41, 5.74) is 17.8. The van der Waals surface area contributed by atoms with Crippen LogP contribution in [0.25, 0.3) is 97.7 Å². The highest BCUT2D eigenvalue weighted by Crippen LogP contribution is 2.42. The van der Waals surface area contributed by atoms with Gasteiger partial charge in [0.15, 0.2) is 0 Å². The summed E-state index contributed by atoms with van der Waals surface area (Å²) in [6, 6.07) is 95.0. The second-order valence-corrected chi connectivity index (χ2v) is 18.0. The van der Waals surface area contributed by atoms with E-state index in [1.807, 2.05) is 11.3 Å². The molecule has 0 fully saturated rings. The Hall–Kier alpha value is -8.30. The molecule has 0 aliphatic rings. The molecule has 0 aliphatic carbocycles. The minimum absolute atomic E-state index is 1.10. The molecule has 0 radical (unpaired) electrons. The molecule has 0 bridgehead atoms. The molecule has 12 aromatic rings. The van der Waals surface area contributed by atoms with Crippen LogP contribution in [0.4, 0.5) is 17.1 Å². The monoisotopic (exact) mass is 857 g/mol. The summed E-state index contributed by atoms with van der Waals surface area (Å²) < 4.78 is 2.63. The molecule has 11 aromatic carbocycles. The summed E-state index contributed by atoms with van der Waals surface area (Å²) in [7, 11) is 0. The molecule has 310 valence electrons. The van der Waals surface area contributed by atoms with Gasteiger partial charge in [0.2, 0.25) is 0 Å². The minimum Gasteiger partial charge on any atom is -0.311 e. The van der Waals surface area contributed by atoms with Gasteiger partial charge in [0.05, 0.1) is 0 Å². The summed E-state index contributed by atoms with van der Waals surface area (Å²) in [6.45, 7) is 0. The molecular formula is C64H43NS. The molecule has 1 heterocycles. The SMILES string of the molecule is c1ccc(-c2cccc(-c3ccc(N(c4ccc(-c5ccc(-c6cccc(-c7ccc8ccccc8c7)c6)cc5)cc4)c4ccc(-c5cccc6sc7ccccc7c56)cc4)cc3)c2)cc1. The van der Waals surface area contributed by atoms with E-state index in [-0.39, 0.29) is 0 Å². The van der Waals surface area contributed by atoms with Gasteiger partial charge in [-0.15, -0.1) is 11.3 Å². The Labute approximate surface area is 389 Å². The van der Waals surface area contributed by atoms with Gasteiger partial charge in [-0.25, -0.2) is 0 Å². The Balaban J connectivity index is 0.863. The van der Waals surface area contributed by atoms with E-state index in [2.05, 4.69) is 266 Å². The van der Waals surface area contributed by atoms with Gasteiger partial charge >= 0.3 is 0 Å². The average molecular weight is 858 g/mol. The van der Waals surface area contributed by atoms with Crippen molar-refractivity contribution in [1.82, 2.24) is 0 Å². The van der Waals surface area contributed by atoms with E-state index in [1.54, 1.807) is 0 Å². The predicted octanol–water partition coefficient (Wildman–Crippen LogP) is 18.7. The van der Waals surface area contributed by atoms with Gasteiger partial charge in [0.1, 0.15) is 0 Å². The highest BCUT2D eigenvalue weighted by atomic mass is 32.1. The van der Waals surface area contributed by atoms with Crippen molar-refractivity contribution in [2.24, 2.45) is 0 Å². The quantitative estimate of drug-likeness (QED) is 0.140. The lowest BCUT2D eigenvalue weighted by atomic mass is 9.96. The fourth-order valence-electron chi connectivity index (χ4n) is 9.47. The highest BCUT2D eigenvalue weighted by molar-refractivity contribution is 7.25. The molecule has 12 rings (SSSR count). The third-order valence-electron chi connectivity index (χ3n) is 12.9. The number of thiophene rings is 1. The number of rotatable bonds is 9. The van der Waals surface area contributed by atoms with E-state index < -0.39 is 0 Å². The lowest BCUT2D eigenvalue weighted by Crippen LogP contribution is -2.09. The van der Waals surface area contributed by atoms with E-state index in [1.165, 1.54) is 97.7 Å². The van der Waals surface area contributed by atoms with Crippen molar-refractivity contribution in [2.75, 3.05) is 4.90 Å². The van der Waals surface area contributed by atoms with Gasteiger partial charge in [0.25, 0.3) is 0 Å². The van der Waals surface area contributed by atoms with Crippen molar-refractivity contribution < 1.29 is 0 Å². The molecular weight excluding hydrogens is 815 g/mol. The van der Waals surface area contributed by atoms with E-state index in [0.717, 1.165) is 17.1 Å². The maximum absolute atomic E-state index is 2.37. The molecule has 0 amide bonds. The third kappa shape index (κ3) is 7.54. The number of hydrogen-bond acceptors (Lipinski definition) is 2. The third-order valence-corrected chi connectivity index (χ3v) is 14.0. The normalized spacial score (nSPS) is 11.3. The molecule has 0 atom stereocenters. The van der Waals surface area contributed by atoms with Crippen molar-refractivity contribution in [3.8, 4) is 66.8 Å². The Kier molecular flexibility index (Phi) is 10.1. The topological polar surface area (TPSA) is 3.24 Å². The Bertz CT molecular complexity index is 3660. The van der Waals surface area contributed by atoms with Crippen LogP contribution in [0.15, 0.2) is 261 Å². The second kappa shape index (κ2) is 17.0. The van der Waals surface area contributed by atoms with Crippen molar-refractivity contribution in [3.63, 3.8) is 0 Å². The molecule has 0 saturated heterocycles. The molecule has 0 unspecified atom stereocenters. The fourth-order valence-corrected chi connectivity index (χ4v) is 10.6. The first-order valence-electron chi connectivity index (χ1n) is 22.6. The van der Waals surface area contributed by atoms with Crippen molar-refractivity contribution in [3.05, 3.63) is 261 Å². The molecule has 1 aromatic heterocycles. The summed E-state index contributed by atoms with van der Waals surface area (Å²) in [4.78, 5) is 2.37. The van der Waals surface area contributed by atoms with E-state index in [0.29, 0.717) is 0 Å². The van der Waals surface area contributed by atoms with Crippen LogP contribution in [0, 0.1) is 0 Å². The van der Waals surface area contributed by atoms with Crippen molar-refractivity contribution in [1.29, 1.82) is 0 Å². The highest BCUT2D eigenvalue weighted by Gasteiger charge is 2.16. The van der Waals surface area contributed by atoms with Gasteiger partial charge in [-0.2, -0.15) is 0 Å². The zero-order valence-corrected chi connectivity index (χ0v) is 37.0. The van der Waals surface area contributed by atoms with E-state index >= 15 is 0 Å². The first-order chi connectivity index (χ1) is 32.7. The molecule has 1 nitrogen and oxygen atoms in total. The largest absolute Gasteiger partial charge is 0.311 e. The summed E-state index contributed by atoms with van der Waals surface area (Å²) in [5, 5.41) is 5.16. The molecule has 0 N–H and O–H groups in total. The van der Waals surface area contributed by atoms with Crippen LogP contribution >= 0.6 is 11.3 Å². The van der Waals surface area contributed by atoms with Crippen LogP contribution in [0.5, 0.6) is 0 Å². The number of fused-ring (bicyclic) bond motifs is 4. The van der Waals surface area contributed by atoms with Crippen molar-refractivity contribution in [2.45, 2.75) is 0 Å². The zero-order valence-electron chi connectivity index (χ0n) is 36.2. The molecule has 66 heavy (non-hydrogen) atoms. The van der Waals surface area contributed by atoms with Crippen LogP contribution in [-0.4, -0.2) is 0 Å². The maximum Gasteiger partial charge on any atom is 0.0462 e. The molecule has 2 heteroatoms. The average Bonchev–Trinajstić information content (AvgIpc) is 3.79. The Morgan fingerprint density at radius 1 is 0.242 bits per heavy atom. The standard InChI is InChI=1S/C64H43NS/c1-2-11-44(12-3-1)52-15-8-16-53(41-52)49-31-37-58(38-32-49)65(59-39-33-50(34-40-59)60-20-10-22-63-64(60)61-19-6-7-21-62(61)66-63)57-35-29-47(30-36-57)46-23-25-48(26-24-46)54-17-9-18-55(42-54)56-28-27-45-13-4-5-14-51(45)43-56/h1-43H. The van der Waals surface area contributed by atoms with E-state index in [9.17, 15) is 0 Å². The molecule has 0 aliphatic heterocycles. The Morgan fingerprint density at radius 2 is 0.636 bits per heavy atom.